The van der Waals surface area contributed by atoms with Gasteiger partial charge in [0, 0.05) is 10.5 Å². The first kappa shape index (κ1) is 12.1. The Hall–Kier alpha value is -1.33. The maximum absolute atomic E-state index is 5.70. The zero-order chi connectivity index (χ0) is 12.3. The SMILES string of the molecule is CC(N)Cn1cc(Oc2ccc(Br)cc2)cn1. The van der Waals surface area contributed by atoms with Crippen molar-refractivity contribution in [1.82, 2.24) is 9.78 Å². The average molecular weight is 296 g/mol. The fourth-order valence-electron chi connectivity index (χ4n) is 1.43. The molecule has 1 atom stereocenters. The molecule has 0 aliphatic heterocycles. The number of aromatic nitrogens is 2. The molecule has 1 aromatic heterocycles. The lowest BCUT2D eigenvalue weighted by molar-refractivity contribution is 0.478. The van der Waals surface area contributed by atoms with E-state index in [1.54, 1.807) is 10.9 Å². The van der Waals surface area contributed by atoms with Gasteiger partial charge in [-0.05, 0) is 31.2 Å². The minimum Gasteiger partial charge on any atom is -0.454 e. The summed E-state index contributed by atoms with van der Waals surface area (Å²) in [5, 5.41) is 4.17. The largest absolute Gasteiger partial charge is 0.454 e. The van der Waals surface area contributed by atoms with Crippen LogP contribution in [-0.2, 0) is 6.54 Å². The Morgan fingerprint density at radius 1 is 1.35 bits per heavy atom. The number of hydrogen-bond acceptors (Lipinski definition) is 3. The van der Waals surface area contributed by atoms with Crippen molar-refractivity contribution >= 4 is 15.9 Å². The number of rotatable bonds is 4. The van der Waals surface area contributed by atoms with Crippen molar-refractivity contribution in [3.05, 3.63) is 41.1 Å². The maximum atomic E-state index is 5.70. The van der Waals surface area contributed by atoms with E-state index in [1.165, 1.54) is 0 Å². The van der Waals surface area contributed by atoms with Crippen LogP contribution < -0.4 is 10.5 Å². The van der Waals surface area contributed by atoms with Gasteiger partial charge >= 0.3 is 0 Å². The lowest BCUT2D eigenvalue weighted by Crippen LogP contribution is -2.22. The van der Waals surface area contributed by atoms with E-state index in [9.17, 15) is 0 Å². The molecule has 0 saturated carbocycles. The second-order valence-electron chi connectivity index (χ2n) is 3.93. The molecular weight excluding hydrogens is 282 g/mol. The summed E-state index contributed by atoms with van der Waals surface area (Å²) in [7, 11) is 0. The molecule has 1 heterocycles. The van der Waals surface area contributed by atoms with Crippen LogP contribution in [-0.4, -0.2) is 15.8 Å². The van der Waals surface area contributed by atoms with Crippen LogP contribution in [0.4, 0.5) is 0 Å². The van der Waals surface area contributed by atoms with E-state index >= 15 is 0 Å². The minimum atomic E-state index is 0.0791. The first-order chi connectivity index (χ1) is 8.13. The van der Waals surface area contributed by atoms with Gasteiger partial charge in [0.25, 0.3) is 0 Å². The van der Waals surface area contributed by atoms with Gasteiger partial charge in [-0.2, -0.15) is 5.10 Å². The highest BCUT2D eigenvalue weighted by Gasteiger charge is 2.03. The highest BCUT2D eigenvalue weighted by molar-refractivity contribution is 9.10. The van der Waals surface area contributed by atoms with Crippen molar-refractivity contribution in [3.8, 4) is 11.5 Å². The summed E-state index contributed by atoms with van der Waals surface area (Å²) in [5.41, 5.74) is 5.70. The summed E-state index contributed by atoms with van der Waals surface area (Å²) in [5.74, 6) is 1.50. The molecule has 0 amide bonds. The van der Waals surface area contributed by atoms with Crippen LogP contribution in [0.2, 0.25) is 0 Å². The fraction of sp³-hybridized carbons (Fsp3) is 0.250. The third-order valence-electron chi connectivity index (χ3n) is 2.13. The molecule has 0 aliphatic carbocycles. The molecule has 0 aliphatic rings. The van der Waals surface area contributed by atoms with Gasteiger partial charge in [0.1, 0.15) is 5.75 Å². The molecule has 2 N–H and O–H groups in total. The Balaban J connectivity index is 2.03. The van der Waals surface area contributed by atoms with Crippen LogP contribution in [0.5, 0.6) is 11.5 Å². The molecule has 1 unspecified atom stereocenters. The Morgan fingerprint density at radius 2 is 2.06 bits per heavy atom. The topological polar surface area (TPSA) is 53.1 Å². The first-order valence-corrected chi connectivity index (χ1v) is 6.14. The molecular formula is C12H14BrN3O. The second-order valence-corrected chi connectivity index (χ2v) is 4.85. The number of benzene rings is 1. The number of nitrogens with zero attached hydrogens (tertiary/aromatic N) is 2. The van der Waals surface area contributed by atoms with Crippen LogP contribution >= 0.6 is 15.9 Å². The van der Waals surface area contributed by atoms with Gasteiger partial charge in [-0.1, -0.05) is 15.9 Å². The van der Waals surface area contributed by atoms with Crippen LogP contribution in [0.15, 0.2) is 41.1 Å². The molecule has 0 spiro atoms. The summed E-state index contributed by atoms with van der Waals surface area (Å²) in [6, 6.07) is 7.74. The Labute approximate surface area is 109 Å². The zero-order valence-corrected chi connectivity index (χ0v) is 11.1. The molecule has 4 nitrogen and oxygen atoms in total. The van der Waals surface area contributed by atoms with Gasteiger partial charge < -0.3 is 10.5 Å². The third kappa shape index (κ3) is 3.57. The van der Waals surface area contributed by atoms with E-state index in [2.05, 4.69) is 21.0 Å². The molecule has 90 valence electrons. The minimum absolute atomic E-state index is 0.0791. The summed E-state index contributed by atoms with van der Waals surface area (Å²) >= 11 is 3.38. The third-order valence-corrected chi connectivity index (χ3v) is 2.66. The molecule has 2 aromatic rings. The number of ether oxygens (including phenoxy) is 1. The standard InChI is InChI=1S/C12H14BrN3O/c1-9(14)7-16-8-12(6-15-16)17-11-4-2-10(13)3-5-11/h2-6,8-9H,7,14H2,1H3. The van der Waals surface area contributed by atoms with Crippen LogP contribution in [0.3, 0.4) is 0 Å². The monoisotopic (exact) mass is 295 g/mol. The van der Waals surface area contributed by atoms with Gasteiger partial charge in [0.05, 0.1) is 18.9 Å². The highest BCUT2D eigenvalue weighted by atomic mass is 79.9. The van der Waals surface area contributed by atoms with Crippen LogP contribution in [0.25, 0.3) is 0 Å². The molecule has 0 radical (unpaired) electrons. The number of halogens is 1. The van der Waals surface area contributed by atoms with E-state index in [0.717, 1.165) is 10.2 Å². The lowest BCUT2D eigenvalue weighted by Gasteiger charge is -2.04. The number of nitrogens with two attached hydrogens (primary N) is 1. The molecule has 0 saturated heterocycles. The van der Waals surface area contributed by atoms with Crippen molar-refractivity contribution in [2.75, 3.05) is 0 Å². The van der Waals surface area contributed by atoms with Gasteiger partial charge in [-0.25, -0.2) is 0 Å². The molecule has 5 heteroatoms. The predicted molar refractivity (Wildman–Crippen MR) is 70.1 cm³/mol. The quantitative estimate of drug-likeness (QED) is 0.944. The Morgan fingerprint density at radius 3 is 2.71 bits per heavy atom. The average Bonchev–Trinajstić information content (AvgIpc) is 2.68. The van der Waals surface area contributed by atoms with Crippen molar-refractivity contribution in [2.24, 2.45) is 5.73 Å². The normalized spacial score (nSPS) is 12.4. The van der Waals surface area contributed by atoms with Crippen LogP contribution in [0.1, 0.15) is 6.92 Å². The number of hydrogen-bond donors (Lipinski definition) is 1. The summed E-state index contributed by atoms with van der Waals surface area (Å²) in [4.78, 5) is 0. The van der Waals surface area contributed by atoms with Crippen molar-refractivity contribution in [3.63, 3.8) is 0 Å². The molecule has 17 heavy (non-hydrogen) atoms. The van der Waals surface area contributed by atoms with Gasteiger partial charge in [0.2, 0.25) is 0 Å². The smallest absolute Gasteiger partial charge is 0.165 e. The maximum Gasteiger partial charge on any atom is 0.165 e. The summed E-state index contributed by atoms with van der Waals surface area (Å²) < 4.78 is 8.45. The second kappa shape index (κ2) is 5.33. The summed E-state index contributed by atoms with van der Waals surface area (Å²) in [6.07, 6.45) is 3.52. The van der Waals surface area contributed by atoms with Crippen LogP contribution in [0, 0.1) is 0 Å². The van der Waals surface area contributed by atoms with Gasteiger partial charge in [-0.3, -0.25) is 4.68 Å². The highest BCUT2D eigenvalue weighted by Crippen LogP contribution is 2.22. The van der Waals surface area contributed by atoms with Gasteiger partial charge in [0.15, 0.2) is 5.75 Å². The van der Waals surface area contributed by atoms with Crippen molar-refractivity contribution < 1.29 is 4.74 Å². The van der Waals surface area contributed by atoms with Crippen molar-refractivity contribution in [2.45, 2.75) is 19.5 Å². The molecule has 0 bridgehead atoms. The van der Waals surface area contributed by atoms with E-state index in [4.69, 9.17) is 10.5 Å². The Kier molecular flexibility index (Phi) is 3.81. The molecule has 0 fully saturated rings. The van der Waals surface area contributed by atoms with E-state index in [0.29, 0.717) is 12.3 Å². The zero-order valence-electron chi connectivity index (χ0n) is 9.51. The van der Waals surface area contributed by atoms with E-state index in [1.807, 2.05) is 37.4 Å². The Bertz CT molecular complexity index is 479. The van der Waals surface area contributed by atoms with E-state index in [-0.39, 0.29) is 6.04 Å². The molecule has 2 rings (SSSR count). The fourth-order valence-corrected chi connectivity index (χ4v) is 1.70. The first-order valence-electron chi connectivity index (χ1n) is 5.35. The molecule has 1 aromatic carbocycles. The summed E-state index contributed by atoms with van der Waals surface area (Å²) in [6.45, 7) is 2.63. The van der Waals surface area contributed by atoms with Crippen molar-refractivity contribution in [1.29, 1.82) is 0 Å². The predicted octanol–water partition coefficient (Wildman–Crippen LogP) is 2.79. The lowest BCUT2D eigenvalue weighted by atomic mass is 10.3. The van der Waals surface area contributed by atoms with Gasteiger partial charge in [-0.15, -0.1) is 0 Å². The van der Waals surface area contributed by atoms with E-state index < -0.39 is 0 Å².